The lowest BCUT2D eigenvalue weighted by atomic mass is 9.90. The first-order valence-electron chi connectivity index (χ1n) is 8.27. The van der Waals surface area contributed by atoms with Crippen LogP contribution in [0.1, 0.15) is 33.6 Å². The van der Waals surface area contributed by atoms with Gasteiger partial charge in [-0.25, -0.2) is 4.79 Å². The molecule has 8 heteroatoms. The molecule has 0 aromatic heterocycles. The fourth-order valence-electron chi connectivity index (χ4n) is 3.30. The van der Waals surface area contributed by atoms with Crippen LogP contribution in [0, 0.1) is 5.92 Å². The summed E-state index contributed by atoms with van der Waals surface area (Å²) in [5.41, 5.74) is -0.938. The number of amides is 1. The zero-order valence-electron chi connectivity index (χ0n) is 14.7. The van der Waals surface area contributed by atoms with E-state index in [1.807, 2.05) is 20.8 Å². The second kappa shape index (κ2) is 5.82. The van der Waals surface area contributed by atoms with Crippen molar-refractivity contribution in [2.75, 3.05) is 33.3 Å². The molecule has 3 heterocycles. The van der Waals surface area contributed by atoms with E-state index in [-0.39, 0.29) is 18.0 Å². The minimum Gasteiger partial charge on any atom is -0.469 e. The normalized spacial score (nSPS) is 25.2. The Morgan fingerprint density at radius 2 is 2.04 bits per heavy atom. The quantitative estimate of drug-likeness (QED) is 0.668. The molecule has 0 saturated carbocycles. The number of hydrogen-bond acceptors (Lipinski definition) is 7. The Morgan fingerprint density at radius 3 is 2.67 bits per heavy atom. The van der Waals surface area contributed by atoms with Crippen LogP contribution in [-0.2, 0) is 19.1 Å². The van der Waals surface area contributed by atoms with Gasteiger partial charge < -0.3 is 19.2 Å². The summed E-state index contributed by atoms with van der Waals surface area (Å²) in [6, 6.07) is 0. The molecule has 134 valence electrons. The van der Waals surface area contributed by atoms with Crippen molar-refractivity contribution in [2.45, 2.75) is 44.8 Å². The summed E-state index contributed by atoms with van der Waals surface area (Å²) in [4.78, 5) is 33.0. The Hall–Kier alpha value is -1.99. The number of likely N-dealkylation sites (tertiary alicyclic amines) is 2. The summed E-state index contributed by atoms with van der Waals surface area (Å²) < 4.78 is 10.2. The number of nitrogens with zero attached hydrogens (tertiary/aromatic N) is 3. The molecule has 1 atom stereocenters. The Kier molecular flexibility index (Phi) is 4.09. The van der Waals surface area contributed by atoms with Gasteiger partial charge in [-0.05, 0) is 27.2 Å². The first kappa shape index (κ1) is 16.9. The fourth-order valence-corrected chi connectivity index (χ4v) is 3.30. The number of hydrogen-bond donors (Lipinski definition) is 0. The summed E-state index contributed by atoms with van der Waals surface area (Å²) in [6.07, 6.45) is 1.10. The zero-order valence-corrected chi connectivity index (χ0v) is 14.7. The molecule has 2 fully saturated rings. The smallest absolute Gasteiger partial charge is 0.410 e. The summed E-state index contributed by atoms with van der Waals surface area (Å²) >= 11 is 0. The highest BCUT2D eigenvalue weighted by Gasteiger charge is 2.53. The second-order valence-corrected chi connectivity index (χ2v) is 7.75. The number of amidine groups is 1. The van der Waals surface area contributed by atoms with Gasteiger partial charge in [0.15, 0.2) is 5.60 Å². The summed E-state index contributed by atoms with van der Waals surface area (Å²) in [6.45, 7) is 7.87. The van der Waals surface area contributed by atoms with Crippen LogP contribution in [0.3, 0.4) is 0 Å². The third kappa shape index (κ3) is 3.27. The van der Waals surface area contributed by atoms with E-state index in [0.717, 1.165) is 18.8 Å². The van der Waals surface area contributed by atoms with Gasteiger partial charge in [-0.2, -0.15) is 0 Å². The van der Waals surface area contributed by atoms with Crippen molar-refractivity contribution < 1.29 is 23.9 Å². The number of ether oxygens (including phenoxy) is 2. The van der Waals surface area contributed by atoms with E-state index in [1.165, 1.54) is 7.11 Å². The maximum absolute atomic E-state index is 12.0. The predicted octanol–water partition coefficient (Wildman–Crippen LogP) is 1.20. The minimum atomic E-state index is -0.503. The summed E-state index contributed by atoms with van der Waals surface area (Å²) in [7, 11) is 1.41. The van der Waals surface area contributed by atoms with Crippen LogP contribution >= 0.6 is 0 Å². The van der Waals surface area contributed by atoms with Crippen molar-refractivity contribution >= 4 is 17.9 Å². The molecule has 0 bridgehead atoms. The van der Waals surface area contributed by atoms with Crippen LogP contribution in [-0.4, -0.2) is 72.2 Å². The predicted molar refractivity (Wildman–Crippen MR) is 85.4 cm³/mol. The topological polar surface area (TPSA) is 80.7 Å². The highest BCUT2D eigenvalue weighted by atomic mass is 16.7. The van der Waals surface area contributed by atoms with Crippen LogP contribution in [0.15, 0.2) is 5.16 Å². The van der Waals surface area contributed by atoms with E-state index in [9.17, 15) is 9.59 Å². The molecule has 1 spiro atoms. The molecule has 3 aliphatic rings. The van der Waals surface area contributed by atoms with E-state index in [4.69, 9.17) is 14.3 Å². The molecule has 2 saturated heterocycles. The number of methoxy groups -OCH3 is 1. The highest BCUT2D eigenvalue weighted by Crippen LogP contribution is 2.36. The van der Waals surface area contributed by atoms with Gasteiger partial charge in [0, 0.05) is 13.1 Å². The van der Waals surface area contributed by atoms with E-state index >= 15 is 0 Å². The van der Waals surface area contributed by atoms with Crippen LogP contribution < -0.4 is 0 Å². The first-order valence-corrected chi connectivity index (χ1v) is 8.27. The largest absolute Gasteiger partial charge is 0.469 e. The van der Waals surface area contributed by atoms with E-state index in [2.05, 4.69) is 10.1 Å². The molecular weight excluding hydrogens is 314 g/mol. The van der Waals surface area contributed by atoms with Gasteiger partial charge in [0.05, 0.1) is 32.5 Å². The Bertz CT molecular complexity index is 563. The first-order chi connectivity index (χ1) is 11.2. The molecule has 3 aliphatic heterocycles. The third-order valence-electron chi connectivity index (χ3n) is 4.52. The maximum Gasteiger partial charge on any atom is 0.410 e. The number of carbonyl (C=O) groups is 2. The lowest BCUT2D eigenvalue weighted by Crippen LogP contribution is -2.64. The molecule has 0 aromatic rings. The molecule has 24 heavy (non-hydrogen) atoms. The molecule has 3 rings (SSSR count). The molecule has 0 aromatic carbocycles. The monoisotopic (exact) mass is 339 g/mol. The fraction of sp³-hybridized carbons (Fsp3) is 0.812. The van der Waals surface area contributed by atoms with E-state index < -0.39 is 11.2 Å². The Morgan fingerprint density at radius 1 is 1.33 bits per heavy atom. The standard InChI is InChI=1S/C16H25N3O5/c1-15(2,3)23-14(21)19-9-16(10-19)7-12(17-24-16)18-6-5-11(8-18)13(20)22-4/h11H,5-10H2,1-4H3. The van der Waals surface area contributed by atoms with Crippen LogP contribution in [0.5, 0.6) is 0 Å². The van der Waals surface area contributed by atoms with Crippen molar-refractivity contribution in [2.24, 2.45) is 11.1 Å². The number of esters is 1. The number of rotatable bonds is 1. The van der Waals surface area contributed by atoms with Crippen molar-refractivity contribution in [1.82, 2.24) is 9.80 Å². The molecular formula is C16H25N3O5. The second-order valence-electron chi connectivity index (χ2n) is 7.75. The van der Waals surface area contributed by atoms with Crippen LogP contribution in [0.4, 0.5) is 4.79 Å². The van der Waals surface area contributed by atoms with Gasteiger partial charge in [-0.3, -0.25) is 9.69 Å². The van der Waals surface area contributed by atoms with Gasteiger partial charge in [-0.1, -0.05) is 5.16 Å². The summed E-state index contributed by atoms with van der Waals surface area (Å²) in [5, 5.41) is 4.19. The lowest BCUT2D eigenvalue weighted by Gasteiger charge is -2.45. The third-order valence-corrected chi connectivity index (χ3v) is 4.52. The van der Waals surface area contributed by atoms with Gasteiger partial charge in [-0.15, -0.1) is 0 Å². The van der Waals surface area contributed by atoms with Gasteiger partial charge >= 0.3 is 12.1 Å². The SMILES string of the molecule is COC(=O)C1CCN(C2=NOC3(C2)CN(C(=O)OC(C)(C)C)C3)C1. The van der Waals surface area contributed by atoms with Crippen molar-refractivity contribution in [3.63, 3.8) is 0 Å². The van der Waals surface area contributed by atoms with Crippen LogP contribution in [0.25, 0.3) is 0 Å². The average molecular weight is 339 g/mol. The molecule has 0 radical (unpaired) electrons. The highest BCUT2D eigenvalue weighted by molar-refractivity contribution is 5.86. The number of oxime groups is 1. The van der Waals surface area contributed by atoms with E-state index in [1.54, 1.807) is 4.90 Å². The zero-order chi connectivity index (χ0) is 17.5. The average Bonchev–Trinajstić information content (AvgIpc) is 3.09. The Balaban J connectivity index is 1.49. The molecule has 8 nitrogen and oxygen atoms in total. The molecule has 1 unspecified atom stereocenters. The van der Waals surface area contributed by atoms with Crippen molar-refractivity contribution in [3.8, 4) is 0 Å². The maximum atomic E-state index is 12.0. The number of carbonyl (C=O) groups excluding carboxylic acids is 2. The lowest BCUT2D eigenvalue weighted by molar-refractivity contribution is -0.144. The molecule has 1 amide bonds. The summed E-state index contributed by atoms with van der Waals surface area (Å²) in [5.74, 6) is 0.575. The van der Waals surface area contributed by atoms with Gasteiger partial charge in [0.2, 0.25) is 0 Å². The Labute approximate surface area is 141 Å². The van der Waals surface area contributed by atoms with E-state index in [0.29, 0.717) is 26.1 Å². The van der Waals surface area contributed by atoms with Crippen molar-refractivity contribution in [3.05, 3.63) is 0 Å². The van der Waals surface area contributed by atoms with Crippen LogP contribution in [0.2, 0.25) is 0 Å². The van der Waals surface area contributed by atoms with Crippen molar-refractivity contribution in [1.29, 1.82) is 0 Å². The molecule has 0 N–H and O–H groups in total. The van der Waals surface area contributed by atoms with Gasteiger partial charge in [0.25, 0.3) is 0 Å². The molecule has 0 aliphatic carbocycles. The van der Waals surface area contributed by atoms with Gasteiger partial charge in [0.1, 0.15) is 11.4 Å². The minimum absolute atomic E-state index is 0.103.